The molecule has 4 heterocycles. The third-order valence-corrected chi connectivity index (χ3v) is 6.21. The van der Waals surface area contributed by atoms with Gasteiger partial charge in [0.1, 0.15) is 11.9 Å². The zero-order chi connectivity index (χ0) is 24.3. The number of nitrogens with one attached hydrogen (secondary N) is 2. The molecule has 9 heteroatoms. The first kappa shape index (κ1) is 22.0. The standard InChI is InChI=1S/C27H24N6O3/c34-25-23(17-21(18-7-2-1-3-8-18)19-9-4-5-11-22(19)29-25)30-27-32-31-26(36-27)20-10-6-12-28-24(20)33-13-15-35-16-14-33/h1-12,17,23H,13-16H2,(H,29,34)(H,30,32)/t23-/m0/s1. The predicted octanol–water partition coefficient (Wildman–Crippen LogP) is 3.83. The fraction of sp³-hybridized carbons (Fsp3) is 0.185. The number of amides is 1. The lowest BCUT2D eigenvalue weighted by molar-refractivity contribution is -0.116. The van der Waals surface area contributed by atoms with Gasteiger partial charge in [-0.15, -0.1) is 5.10 Å². The van der Waals surface area contributed by atoms with E-state index in [1.807, 2.05) is 72.8 Å². The number of carbonyl (C=O) groups excluding carboxylic acids is 1. The minimum absolute atomic E-state index is 0.150. The van der Waals surface area contributed by atoms with Crippen LogP contribution in [0.5, 0.6) is 0 Å². The summed E-state index contributed by atoms with van der Waals surface area (Å²) in [4.78, 5) is 19.8. The van der Waals surface area contributed by atoms with Gasteiger partial charge in [-0.25, -0.2) is 4.98 Å². The van der Waals surface area contributed by atoms with E-state index in [1.54, 1.807) is 6.20 Å². The van der Waals surface area contributed by atoms with Crippen molar-refractivity contribution in [3.05, 3.63) is 90.1 Å². The normalized spacial score (nSPS) is 17.6. The Morgan fingerprint density at radius 2 is 1.69 bits per heavy atom. The van der Waals surface area contributed by atoms with Gasteiger partial charge in [-0.05, 0) is 35.4 Å². The fourth-order valence-electron chi connectivity index (χ4n) is 4.46. The zero-order valence-corrected chi connectivity index (χ0v) is 19.4. The number of aromatic nitrogens is 3. The Bertz CT molecular complexity index is 1410. The molecule has 9 nitrogen and oxygen atoms in total. The molecule has 0 saturated carbocycles. The molecule has 1 fully saturated rings. The third kappa shape index (κ3) is 4.32. The summed E-state index contributed by atoms with van der Waals surface area (Å²) in [6.07, 6.45) is 3.64. The maximum absolute atomic E-state index is 13.2. The summed E-state index contributed by atoms with van der Waals surface area (Å²) < 4.78 is 11.4. The molecule has 6 rings (SSSR count). The first-order chi connectivity index (χ1) is 17.8. The van der Waals surface area contributed by atoms with Crippen LogP contribution < -0.4 is 15.5 Å². The van der Waals surface area contributed by atoms with E-state index in [-0.39, 0.29) is 11.9 Å². The molecule has 0 radical (unpaired) electrons. The number of morpholine rings is 1. The van der Waals surface area contributed by atoms with Crippen LogP contribution in [0.25, 0.3) is 17.0 Å². The van der Waals surface area contributed by atoms with Crippen molar-refractivity contribution in [1.29, 1.82) is 0 Å². The highest BCUT2D eigenvalue weighted by Gasteiger charge is 2.26. The average Bonchev–Trinajstić information content (AvgIpc) is 3.35. The molecule has 4 aromatic rings. The number of rotatable bonds is 5. The summed E-state index contributed by atoms with van der Waals surface area (Å²) in [5.41, 5.74) is 4.36. The van der Waals surface area contributed by atoms with Gasteiger partial charge in [0.2, 0.25) is 0 Å². The van der Waals surface area contributed by atoms with Crippen molar-refractivity contribution in [2.45, 2.75) is 6.04 Å². The Kier molecular flexibility index (Phi) is 5.88. The van der Waals surface area contributed by atoms with Crippen molar-refractivity contribution in [3.8, 4) is 11.5 Å². The number of para-hydroxylation sites is 1. The van der Waals surface area contributed by atoms with Gasteiger partial charge in [-0.2, -0.15) is 0 Å². The predicted molar refractivity (Wildman–Crippen MR) is 137 cm³/mol. The van der Waals surface area contributed by atoms with Gasteiger partial charge < -0.3 is 24.7 Å². The summed E-state index contributed by atoms with van der Waals surface area (Å²) in [5, 5.41) is 14.5. The van der Waals surface area contributed by atoms with Gasteiger partial charge in [0.25, 0.3) is 11.8 Å². The third-order valence-electron chi connectivity index (χ3n) is 6.21. The van der Waals surface area contributed by atoms with Crippen molar-refractivity contribution in [3.63, 3.8) is 0 Å². The Hall–Kier alpha value is -4.50. The zero-order valence-electron chi connectivity index (χ0n) is 19.4. The highest BCUT2D eigenvalue weighted by Crippen LogP contribution is 2.33. The van der Waals surface area contributed by atoms with Gasteiger partial charge in [0.15, 0.2) is 0 Å². The highest BCUT2D eigenvalue weighted by atomic mass is 16.5. The Balaban J connectivity index is 1.32. The second-order valence-electron chi connectivity index (χ2n) is 8.49. The molecule has 2 aliphatic rings. The molecule has 1 amide bonds. The van der Waals surface area contributed by atoms with E-state index in [0.29, 0.717) is 19.1 Å². The minimum atomic E-state index is -0.728. The van der Waals surface area contributed by atoms with E-state index < -0.39 is 6.04 Å². The number of pyridine rings is 1. The van der Waals surface area contributed by atoms with Gasteiger partial charge >= 0.3 is 6.01 Å². The lowest BCUT2D eigenvalue weighted by Gasteiger charge is -2.28. The summed E-state index contributed by atoms with van der Waals surface area (Å²) >= 11 is 0. The number of ether oxygens (including phenoxy) is 1. The topological polar surface area (TPSA) is 105 Å². The lowest BCUT2D eigenvalue weighted by Crippen LogP contribution is -2.37. The van der Waals surface area contributed by atoms with Crippen LogP contribution >= 0.6 is 0 Å². The van der Waals surface area contributed by atoms with E-state index in [1.165, 1.54) is 0 Å². The summed E-state index contributed by atoms with van der Waals surface area (Å²) in [5.74, 6) is 0.880. The molecule has 0 spiro atoms. The van der Waals surface area contributed by atoms with E-state index in [2.05, 4.69) is 30.7 Å². The number of nitrogens with zero attached hydrogens (tertiary/aromatic N) is 4. The minimum Gasteiger partial charge on any atom is -0.403 e. The van der Waals surface area contributed by atoms with Crippen molar-refractivity contribution in [1.82, 2.24) is 15.2 Å². The van der Waals surface area contributed by atoms with Crippen molar-refractivity contribution in [2.24, 2.45) is 0 Å². The second kappa shape index (κ2) is 9.63. The lowest BCUT2D eigenvalue weighted by atomic mass is 9.96. The monoisotopic (exact) mass is 480 g/mol. The number of hydrogen-bond acceptors (Lipinski definition) is 8. The summed E-state index contributed by atoms with van der Waals surface area (Å²) in [6, 6.07) is 20.9. The first-order valence-corrected chi connectivity index (χ1v) is 11.8. The highest BCUT2D eigenvalue weighted by molar-refractivity contribution is 6.05. The molecule has 36 heavy (non-hydrogen) atoms. The van der Waals surface area contributed by atoms with Crippen LogP contribution in [-0.2, 0) is 9.53 Å². The van der Waals surface area contributed by atoms with E-state index in [9.17, 15) is 4.79 Å². The summed E-state index contributed by atoms with van der Waals surface area (Å²) in [7, 11) is 0. The van der Waals surface area contributed by atoms with Crippen molar-refractivity contribution >= 4 is 29.0 Å². The molecule has 2 aliphatic heterocycles. The molecule has 0 unspecified atom stereocenters. The van der Waals surface area contributed by atoms with Gasteiger partial charge in [-0.1, -0.05) is 53.6 Å². The van der Waals surface area contributed by atoms with Crippen molar-refractivity contribution in [2.75, 3.05) is 41.8 Å². The maximum Gasteiger partial charge on any atom is 0.316 e. The van der Waals surface area contributed by atoms with Gasteiger partial charge in [0, 0.05) is 30.5 Å². The first-order valence-electron chi connectivity index (χ1n) is 11.8. The second-order valence-corrected chi connectivity index (χ2v) is 8.49. The molecule has 2 aromatic carbocycles. The maximum atomic E-state index is 13.2. The van der Waals surface area contributed by atoms with Crippen LogP contribution in [0, 0.1) is 0 Å². The molecular formula is C27H24N6O3. The SMILES string of the molecule is O=C1Nc2ccccc2C(c2ccccc2)=C[C@@H]1Nc1nnc(-c2cccnc2N2CCOCC2)o1. The van der Waals surface area contributed by atoms with Gasteiger partial charge in [-0.3, -0.25) is 4.79 Å². The van der Waals surface area contributed by atoms with Crippen molar-refractivity contribution < 1.29 is 13.9 Å². The number of carbonyl (C=O) groups is 1. The van der Waals surface area contributed by atoms with Crippen LogP contribution in [0.15, 0.2) is 83.4 Å². The fourth-order valence-corrected chi connectivity index (χ4v) is 4.46. The Labute approximate surface area is 207 Å². The smallest absolute Gasteiger partial charge is 0.316 e. The van der Waals surface area contributed by atoms with E-state index in [0.717, 1.165) is 46.9 Å². The molecule has 0 bridgehead atoms. The molecule has 180 valence electrons. The number of hydrogen-bond donors (Lipinski definition) is 2. The quantitative estimate of drug-likeness (QED) is 0.444. The molecule has 2 aromatic heterocycles. The average molecular weight is 481 g/mol. The van der Waals surface area contributed by atoms with Crippen LogP contribution in [0.2, 0.25) is 0 Å². The molecule has 1 atom stereocenters. The largest absolute Gasteiger partial charge is 0.403 e. The van der Waals surface area contributed by atoms with Crippen LogP contribution in [0.4, 0.5) is 17.5 Å². The van der Waals surface area contributed by atoms with E-state index in [4.69, 9.17) is 9.15 Å². The molecule has 0 aliphatic carbocycles. The van der Waals surface area contributed by atoms with E-state index >= 15 is 0 Å². The Morgan fingerprint density at radius 3 is 2.56 bits per heavy atom. The van der Waals surface area contributed by atoms with Crippen LogP contribution in [-0.4, -0.2) is 53.4 Å². The molecule has 2 N–H and O–H groups in total. The number of anilines is 3. The number of benzene rings is 2. The van der Waals surface area contributed by atoms with Gasteiger partial charge in [0.05, 0.1) is 18.8 Å². The number of fused-ring (bicyclic) bond motifs is 1. The summed E-state index contributed by atoms with van der Waals surface area (Å²) in [6.45, 7) is 2.75. The Morgan fingerprint density at radius 1 is 0.917 bits per heavy atom. The van der Waals surface area contributed by atoms with Crippen LogP contribution in [0.3, 0.4) is 0 Å². The molecule has 1 saturated heterocycles. The van der Waals surface area contributed by atoms with Crippen LogP contribution in [0.1, 0.15) is 11.1 Å². The molecular weight excluding hydrogens is 456 g/mol.